The van der Waals surface area contributed by atoms with Gasteiger partial charge in [0.2, 0.25) is 0 Å². The zero-order valence-corrected chi connectivity index (χ0v) is 19.6. The Hall–Kier alpha value is -1.62. The lowest BCUT2D eigenvalue weighted by Gasteiger charge is -2.31. The summed E-state index contributed by atoms with van der Waals surface area (Å²) in [5.41, 5.74) is 2.29. The fraction of sp³-hybridized carbons (Fsp3) is 0.640. The maximum absolute atomic E-state index is 12.8. The third-order valence-corrected chi connectivity index (χ3v) is 10.1. The molecule has 5 heteroatoms. The molecule has 0 bridgehead atoms. The van der Waals surface area contributed by atoms with E-state index in [-0.39, 0.29) is 17.6 Å². The summed E-state index contributed by atoms with van der Waals surface area (Å²) in [7, 11) is -3.10. The van der Waals surface area contributed by atoms with Crippen LogP contribution in [-0.4, -0.2) is 37.8 Å². The molecular formula is C25H37NO3S. The minimum atomic E-state index is -3.10. The highest BCUT2D eigenvalue weighted by Gasteiger charge is 2.36. The van der Waals surface area contributed by atoms with Crippen LogP contribution < -0.4 is 4.90 Å². The first-order chi connectivity index (χ1) is 14.2. The smallest absolute Gasteiger partial charge is 0.155 e. The molecule has 0 amide bonds. The second-order valence-corrected chi connectivity index (χ2v) is 12.3. The molecule has 1 aliphatic heterocycles. The van der Waals surface area contributed by atoms with Crippen molar-refractivity contribution in [1.29, 1.82) is 0 Å². The Balaban J connectivity index is 1.49. The highest BCUT2D eigenvalue weighted by molar-refractivity contribution is 7.92. The number of hydrogen-bond acceptors (Lipinski definition) is 4. The van der Waals surface area contributed by atoms with Crippen molar-refractivity contribution in [2.24, 2.45) is 11.8 Å². The lowest BCUT2D eigenvalue weighted by atomic mass is 9.79. The summed E-state index contributed by atoms with van der Waals surface area (Å²) in [4.78, 5) is 15.2. The molecule has 0 radical (unpaired) electrons. The van der Waals surface area contributed by atoms with Gasteiger partial charge in [0.25, 0.3) is 0 Å². The Kier molecular flexibility index (Phi) is 7.43. The van der Waals surface area contributed by atoms with Crippen molar-refractivity contribution >= 4 is 21.3 Å². The van der Waals surface area contributed by atoms with E-state index >= 15 is 0 Å². The van der Waals surface area contributed by atoms with E-state index in [0.29, 0.717) is 18.6 Å². The van der Waals surface area contributed by atoms with E-state index in [4.69, 9.17) is 0 Å². The van der Waals surface area contributed by atoms with Crippen molar-refractivity contribution < 1.29 is 13.2 Å². The number of anilines is 1. The lowest BCUT2D eigenvalue weighted by molar-refractivity contribution is -0.123. The van der Waals surface area contributed by atoms with Crippen molar-refractivity contribution in [2.75, 3.05) is 23.7 Å². The SMILES string of the molecule is CCC(C)(C)S(=O)(=O)CC1CCC(C(=O)Cc2ccc(N3CC=CCC3)cc2)CC1. The van der Waals surface area contributed by atoms with Gasteiger partial charge in [-0.25, -0.2) is 8.42 Å². The van der Waals surface area contributed by atoms with Gasteiger partial charge in [-0.1, -0.05) is 31.2 Å². The fourth-order valence-corrected chi connectivity index (χ4v) is 6.30. The molecule has 1 fully saturated rings. The Morgan fingerprint density at radius 2 is 1.73 bits per heavy atom. The molecule has 166 valence electrons. The Morgan fingerprint density at radius 1 is 1.07 bits per heavy atom. The molecule has 0 aromatic heterocycles. The topological polar surface area (TPSA) is 54.5 Å². The van der Waals surface area contributed by atoms with Crippen LogP contribution >= 0.6 is 0 Å². The van der Waals surface area contributed by atoms with Crippen LogP contribution in [0.25, 0.3) is 0 Å². The largest absolute Gasteiger partial charge is 0.368 e. The predicted octanol–water partition coefficient (Wildman–Crippen LogP) is 4.97. The van der Waals surface area contributed by atoms with E-state index < -0.39 is 14.6 Å². The molecule has 1 aliphatic carbocycles. The number of ketones is 1. The minimum Gasteiger partial charge on any atom is -0.368 e. The third-order valence-electron chi connectivity index (χ3n) is 7.19. The molecule has 0 unspecified atom stereocenters. The van der Waals surface area contributed by atoms with Crippen molar-refractivity contribution in [1.82, 2.24) is 0 Å². The van der Waals surface area contributed by atoms with E-state index in [1.165, 1.54) is 5.69 Å². The third kappa shape index (κ3) is 5.54. The summed E-state index contributed by atoms with van der Waals surface area (Å²) >= 11 is 0. The molecule has 30 heavy (non-hydrogen) atoms. The number of benzene rings is 1. The van der Waals surface area contributed by atoms with Crippen molar-refractivity contribution in [3.8, 4) is 0 Å². The number of rotatable bonds is 8. The van der Waals surface area contributed by atoms with Gasteiger partial charge < -0.3 is 4.90 Å². The first-order valence-corrected chi connectivity index (χ1v) is 13.1. The molecule has 1 aromatic rings. The first kappa shape index (κ1) is 23.1. The number of nitrogens with zero attached hydrogens (tertiary/aromatic N) is 1. The average Bonchev–Trinajstić information content (AvgIpc) is 2.75. The quantitative estimate of drug-likeness (QED) is 0.545. The van der Waals surface area contributed by atoms with Gasteiger partial charge in [-0.15, -0.1) is 0 Å². The molecule has 1 saturated carbocycles. The van der Waals surface area contributed by atoms with E-state index in [9.17, 15) is 13.2 Å². The second kappa shape index (κ2) is 9.67. The average molecular weight is 432 g/mol. The van der Waals surface area contributed by atoms with Crippen LogP contribution in [0.2, 0.25) is 0 Å². The Labute approximate surface area is 182 Å². The number of hydrogen-bond donors (Lipinski definition) is 0. The molecule has 1 heterocycles. The van der Waals surface area contributed by atoms with Gasteiger partial charge in [0.15, 0.2) is 9.84 Å². The molecule has 0 spiro atoms. The molecule has 0 N–H and O–H groups in total. The molecule has 0 atom stereocenters. The Morgan fingerprint density at radius 3 is 2.30 bits per heavy atom. The van der Waals surface area contributed by atoms with Gasteiger partial charge in [0.05, 0.1) is 10.5 Å². The summed E-state index contributed by atoms with van der Waals surface area (Å²) in [5, 5.41) is 0. The van der Waals surface area contributed by atoms with Gasteiger partial charge in [0.1, 0.15) is 5.78 Å². The predicted molar refractivity (Wildman–Crippen MR) is 125 cm³/mol. The monoisotopic (exact) mass is 431 g/mol. The number of carbonyl (C=O) groups is 1. The van der Waals surface area contributed by atoms with E-state index in [2.05, 4.69) is 41.3 Å². The highest BCUT2D eigenvalue weighted by atomic mass is 32.2. The van der Waals surface area contributed by atoms with Crippen molar-refractivity contribution in [3.05, 3.63) is 42.0 Å². The van der Waals surface area contributed by atoms with Gasteiger partial charge in [-0.3, -0.25) is 4.79 Å². The van der Waals surface area contributed by atoms with Crippen LogP contribution in [0.3, 0.4) is 0 Å². The van der Waals surface area contributed by atoms with Crippen molar-refractivity contribution in [3.63, 3.8) is 0 Å². The normalized spacial score (nSPS) is 22.8. The standard InChI is InChI=1S/C25H37NO3S/c1-4-25(2,3)30(28,29)19-21-8-12-22(13-9-21)24(27)18-20-10-14-23(15-11-20)26-16-6-5-7-17-26/h5-6,10-11,14-15,21-22H,4,7-9,12-13,16-19H2,1-3H3. The van der Waals surface area contributed by atoms with Crippen molar-refractivity contribution in [2.45, 2.75) is 70.5 Å². The van der Waals surface area contributed by atoms with Crippen LogP contribution in [0.15, 0.2) is 36.4 Å². The zero-order chi connectivity index (χ0) is 21.8. The molecule has 1 aromatic carbocycles. The van der Waals surface area contributed by atoms with Crippen LogP contribution in [0, 0.1) is 11.8 Å². The minimum absolute atomic E-state index is 0.0787. The summed E-state index contributed by atoms with van der Waals surface area (Å²) in [6.07, 6.45) is 9.96. The Bertz CT molecular complexity index is 847. The second-order valence-electron chi connectivity index (χ2n) is 9.63. The molecule has 0 saturated heterocycles. The number of sulfone groups is 1. The maximum atomic E-state index is 12.8. The summed E-state index contributed by atoms with van der Waals surface area (Å²) in [5.74, 6) is 0.846. The molecule has 2 aliphatic rings. The van der Waals surface area contributed by atoms with Crippen LogP contribution in [0.1, 0.15) is 64.9 Å². The van der Waals surface area contributed by atoms with Crippen LogP contribution in [-0.2, 0) is 21.1 Å². The number of Topliss-reactive ketones (excluding diaryl/α,β-unsaturated/α-hetero) is 1. The van der Waals surface area contributed by atoms with Crippen LogP contribution in [0.4, 0.5) is 5.69 Å². The number of carbonyl (C=O) groups excluding carboxylic acids is 1. The lowest BCUT2D eigenvalue weighted by Crippen LogP contribution is -2.37. The highest BCUT2D eigenvalue weighted by Crippen LogP contribution is 2.33. The maximum Gasteiger partial charge on any atom is 0.155 e. The summed E-state index contributed by atoms with van der Waals surface area (Å²) < 4.78 is 24.7. The zero-order valence-electron chi connectivity index (χ0n) is 18.8. The first-order valence-electron chi connectivity index (χ1n) is 11.5. The molecule has 3 rings (SSSR count). The van der Waals surface area contributed by atoms with Gasteiger partial charge in [-0.05, 0) is 76.0 Å². The van der Waals surface area contributed by atoms with Crippen LogP contribution in [0.5, 0.6) is 0 Å². The van der Waals surface area contributed by atoms with E-state index in [1.54, 1.807) is 0 Å². The van der Waals surface area contributed by atoms with E-state index in [1.807, 2.05) is 20.8 Å². The van der Waals surface area contributed by atoms with Gasteiger partial charge >= 0.3 is 0 Å². The molecule has 4 nitrogen and oxygen atoms in total. The summed E-state index contributed by atoms with van der Waals surface area (Å²) in [6, 6.07) is 8.41. The van der Waals surface area contributed by atoms with E-state index in [0.717, 1.165) is 50.8 Å². The van der Waals surface area contributed by atoms with Gasteiger partial charge in [-0.2, -0.15) is 0 Å². The fourth-order valence-electron chi connectivity index (χ4n) is 4.45. The molecular weight excluding hydrogens is 394 g/mol. The summed E-state index contributed by atoms with van der Waals surface area (Å²) in [6.45, 7) is 7.58. The van der Waals surface area contributed by atoms with Gasteiger partial charge in [0, 0.05) is 31.1 Å².